The number of ketones is 1. The first-order valence-electron chi connectivity index (χ1n) is 10.1. The van der Waals surface area contributed by atoms with Crippen LogP contribution in [0.5, 0.6) is 0 Å². The van der Waals surface area contributed by atoms with Crippen LogP contribution in [0.4, 0.5) is 0 Å². The lowest BCUT2D eigenvalue weighted by molar-refractivity contribution is -0.145. The molecule has 154 valence electrons. The summed E-state index contributed by atoms with van der Waals surface area (Å²) in [6.45, 7) is 1.17. The van der Waals surface area contributed by atoms with Crippen molar-refractivity contribution in [3.63, 3.8) is 0 Å². The summed E-state index contributed by atoms with van der Waals surface area (Å²) < 4.78 is 9.77. The number of esters is 1. The lowest BCUT2D eigenvalue weighted by Gasteiger charge is -2.34. The summed E-state index contributed by atoms with van der Waals surface area (Å²) in [5.74, 6) is 0.00369. The first-order valence-corrected chi connectivity index (χ1v) is 10.1. The quantitative estimate of drug-likeness (QED) is 0.308. The van der Waals surface area contributed by atoms with Crippen molar-refractivity contribution >= 4 is 17.7 Å². The fraction of sp³-hybridized carbons (Fsp3) is 0.591. The van der Waals surface area contributed by atoms with E-state index in [2.05, 4.69) is 16.9 Å². The van der Waals surface area contributed by atoms with Crippen molar-refractivity contribution in [2.75, 3.05) is 26.9 Å². The van der Waals surface area contributed by atoms with Gasteiger partial charge in [0, 0.05) is 32.0 Å². The van der Waals surface area contributed by atoms with Crippen LogP contribution in [-0.4, -0.2) is 55.5 Å². The summed E-state index contributed by atoms with van der Waals surface area (Å²) in [7, 11) is 1.34. The first-order chi connectivity index (χ1) is 13.6. The van der Waals surface area contributed by atoms with Crippen molar-refractivity contribution in [2.45, 2.75) is 57.4 Å². The number of hydrogen-bond donors (Lipinski definition) is 0. The van der Waals surface area contributed by atoms with Gasteiger partial charge in [0.25, 0.3) is 0 Å². The molecule has 28 heavy (non-hydrogen) atoms. The summed E-state index contributed by atoms with van der Waals surface area (Å²) in [6, 6.07) is 0.152. The molecule has 0 saturated carbocycles. The van der Waals surface area contributed by atoms with Crippen molar-refractivity contribution in [2.24, 2.45) is 0 Å². The van der Waals surface area contributed by atoms with Gasteiger partial charge in [0.15, 0.2) is 5.78 Å². The molecule has 2 rings (SSSR count). The van der Waals surface area contributed by atoms with Gasteiger partial charge in [-0.25, -0.2) is 4.79 Å². The number of carbonyl (C=O) groups is 3. The predicted octanol–water partition coefficient (Wildman–Crippen LogP) is 3.13. The van der Waals surface area contributed by atoms with Crippen molar-refractivity contribution in [1.29, 1.82) is 0 Å². The first kappa shape index (κ1) is 22.1. The van der Waals surface area contributed by atoms with Crippen molar-refractivity contribution in [1.82, 2.24) is 4.90 Å². The van der Waals surface area contributed by atoms with Crippen LogP contribution in [-0.2, 0) is 23.9 Å². The molecule has 0 N–H and O–H groups in total. The van der Waals surface area contributed by atoms with Crippen LogP contribution in [0.2, 0.25) is 0 Å². The average Bonchev–Trinajstić information content (AvgIpc) is 2.69. The number of amides is 1. The highest BCUT2D eigenvalue weighted by Crippen LogP contribution is 2.21. The number of allylic oxidation sites excluding steroid dienone is 5. The molecular weight excluding hydrogens is 358 g/mol. The van der Waals surface area contributed by atoms with Gasteiger partial charge in [-0.1, -0.05) is 29.9 Å². The highest BCUT2D eigenvalue weighted by atomic mass is 16.6. The Kier molecular flexibility index (Phi) is 9.69. The maximum atomic E-state index is 12.3. The van der Waals surface area contributed by atoms with Gasteiger partial charge >= 0.3 is 5.97 Å². The summed E-state index contributed by atoms with van der Waals surface area (Å²) in [4.78, 5) is 36.7. The zero-order chi connectivity index (χ0) is 20.2. The molecule has 0 bridgehead atoms. The third-order valence-corrected chi connectivity index (χ3v) is 5.00. The third-order valence-electron chi connectivity index (χ3n) is 5.00. The number of likely N-dealkylation sites (tertiary alicyclic amines) is 1. The Bertz CT molecular complexity index is 635. The molecule has 0 aromatic carbocycles. The largest absolute Gasteiger partial charge is 0.467 e. The van der Waals surface area contributed by atoms with Crippen molar-refractivity contribution < 1.29 is 23.9 Å². The molecule has 1 saturated heterocycles. The Hall–Kier alpha value is -2.21. The number of rotatable bonds is 11. The van der Waals surface area contributed by atoms with E-state index in [1.54, 1.807) is 6.08 Å². The smallest absolute Gasteiger partial charge is 0.331 e. The molecule has 1 amide bonds. The van der Waals surface area contributed by atoms with Gasteiger partial charge in [0.2, 0.25) is 5.91 Å². The summed E-state index contributed by atoms with van der Waals surface area (Å²) in [5, 5.41) is 0. The van der Waals surface area contributed by atoms with Crippen LogP contribution in [0.3, 0.4) is 0 Å². The zero-order valence-corrected chi connectivity index (χ0v) is 16.7. The Morgan fingerprint density at radius 1 is 1.32 bits per heavy atom. The second kappa shape index (κ2) is 12.3. The molecule has 1 aliphatic carbocycles. The molecule has 0 spiro atoms. The number of unbranched alkanes of at least 4 members (excludes halogenated alkanes) is 1. The fourth-order valence-electron chi connectivity index (χ4n) is 3.47. The Morgan fingerprint density at radius 2 is 2.18 bits per heavy atom. The molecule has 1 fully saturated rings. The number of ether oxygens (including phenoxy) is 2. The van der Waals surface area contributed by atoms with E-state index in [1.165, 1.54) is 12.7 Å². The molecule has 2 aliphatic rings. The Morgan fingerprint density at radius 3 is 2.96 bits per heavy atom. The summed E-state index contributed by atoms with van der Waals surface area (Å²) in [5.41, 5.74) is 1.17. The fourth-order valence-corrected chi connectivity index (χ4v) is 3.47. The molecular formula is C22H31NO5. The lowest BCUT2D eigenvalue weighted by Crippen LogP contribution is -2.43. The second-order valence-corrected chi connectivity index (χ2v) is 7.18. The minimum atomic E-state index is -0.374. The highest BCUT2D eigenvalue weighted by Gasteiger charge is 2.25. The SMILES string of the molecule is COC(=O)COCCCCN1C(=O)CCC[C@@H]1/C=C/CCC1=CC=CC(=O)C1. The number of carbonyl (C=O) groups excluding carboxylic acids is 3. The van der Waals surface area contributed by atoms with Gasteiger partial charge in [-0.05, 0) is 44.6 Å². The summed E-state index contributed by atoms with van der Waals surface area (Å²) in [6.07, 6.45) is 16.2. The van der Waals surface area contributed by atoms with E-state index in [9.17, 15) is 14.4 Å². The van der Waals surface area contributed by atoms with E-state index in [0.717, 1.165) is 38.5 Å². The van der Waals surface area contributed by atoms with Crippen molar-refractivity contribution in [3.05, 3.63) is 36.0 Å². The molecule has 1 heterocycles. The zero-order valence-electron chi connectivity index (χ0n) is 16.7. The number of hydrogen-bond acceptors (Lipinski definition) is 5. The van der Waals surface area contributed by atoms with Gasteiger partial charge in [-0.3, -0.25) is 9.59 Å². The molecule has 6 heteroatoms. The topological polar surface area (TPSA) is 72.9 Å². The van der Waals surface area contributed by atoms with E-state index in [1.807, 2.05) is 17.1 Å². The molecule has 6 nitrogen and oxygen atoms in total. The number of nitrogens with zero attached hydrogens (tertiary/aromatic N) is 1. The molecule has 1 aliphatic heterocycles. The molecule has 0 aromatic heterocycles. The van der Waals surface area contributed by atoms with E-state index >= 15 is 0 Å². The van der Waals surface area contributed by atoms with E-state index < -0.39 is 0 Å². The number of methoxy groups -OCH3 is 1. The maximum Gasteiger partial charge on any atom is 0.331 e. The molecule has 0 aromatic rings. The van der Waals surface area contributed by atoms with Crippen LogP contribution in [0, 0.1) is 0 Å². The normalized spacial score (nSPS) is 20.0. The molecule has 0 unspecified atom stereocenters. The van der Waals surface area contributed by atoms with E-state index in [4.69, 9.17) is 4.74 Å². The van der Waals surface area contributed by atoms with Gasteiger partial charge in [0.1, 0.15) is 6.61 Å². The van der Waals surface area contributed by atoms with Crippen LogP contribution in [0.15, 0.2) is 36.0 Å². The van der Waals surface area contributed by atoms with Gasteiger partial charge in [-0.15, -0.1) is 0 Å². The third kappa shape index (κ3) is 7.80. The highest BCUT2D eigenvalue weighted by molar-refractivity contribution is 5.92. The van der Waals surface area contributed by atoms with E-state index in [-0.39, 0.29) is 30.3 Å². The summed E-state index contributed by atoms with van der Waals surface area (Å²) >= 11 is 0. The number of piperidine rings is 1. The van der Waals surface area contributed by atoms with Crippen LogP contribution >= 0.6 is 0 Å². The predicted molar refractivity (Wildman–Crippen MR) is 107 cm³/mol. The minimum Gasteiger partial charge on any atom is -0.467 e. The Labute approximate surface area is 167 Å². The van der Waals surface area contributed by atoms with Crippen LogP contribution in [0.1, 0.15) is 51.4 Å². The second-order valence-electron chi connectivity index (χ2n) is 7.18. The van der Waals surface area contributed by atoms with Crippen molar-refractivity contribution in [3.8, 4) is 0 Å². The van der Waals surface area contributed by atoms with Gasteiger partial charge in [0.05, 0.1) is 7.11 Å². The van der Waals surface area contributed by atoms with E-state index in [0.29, 0.717) is 26.0 Å². The minimum absolute atomic E-state index is 0.0255. The van der Waals surface area contributed by atoms with Gasteiger partial charge in [-0.2, -0.15) is 0 Å². The van der Waals surface area contributed by atoms with Crippen LogP contribution in [0.25, 0.3) is 0 Å². The average molecular weight is 389 g/mol. The standard InChI is InChI=1S/C22H31NO5/c1-27-22(26)17-28-15-5-4-14-23-19(11-7-13-21(23)25)10-3-2-8-18-9-6-12-20(24)16-18/h3,6,9-10,12,19H,2,4-5,7-8,11,13-17H2,1H3/b10-3+/t19-/m0/s1. The van der Waals surface area contributed by atoms with Crippen LogP contribution < -0.4 is 0 Å². The lowest BCUT2D eigenvalue weighted by atomic mass is 9.98. The maximum absolute atomic E-state index is 12.3. The molecule has 0 radical (unpaired) electrons. The molecule has 1 atom stereocenters. The Balaban J connectivity index is 1.71. The monoisotopic (exact) mass is 389 g/mol. The van der Waals surface area contributed by atoms with Gasteiger partial charge < -0.3 is 14.4 Å².